The molecule has 0 saturated heterocycles. The van der Waals surface area contributed by atoms with E-state index in [9.17, 15) is 0 Å². The van der Waals surface area contributed by atoms with Crippen LogP contribution in [0.2, 0.25) is 0 Å². The van der Waals surface area contributed by atoms with Crippen molar-refractivity contribution < 1.29 is 0 Å². The standard InChI is InChI=1S/C32H41N5/c1-9-20(5)16-26-24(21(6)10-2)12-11-13-25(26)29-30(23-14-15-23)36(8)31(34-29)27-18-37-17-22(7)33-32(37)35-28(27)19(3)4/h11-13,16-20,23H,9-10,14-15H2,1-8H3/b24-21+,26-16+. The summed E-state index contributed by atoms with van der Waals surface area (Å²) in [5.41, 5.74) is 8.29. The van der Waals surface area contributed by atoms with Crippen LogP contribution in [-0.2, 0) is 7.05 Å². The lowest BCUT2D eigenvalue weighted by Gasteiger charge is -2.13. The summed E-state index contributed by atoms with van der Waals surface area (Å²) in [4.78, 5) is 15.1. The van der Waals surface area contributed by atoms with Gasteiger partial charge in [0.1, 0.15) is 5.82 Å². The summed E-state index contributed by atoms with van der Waals surface area (Å²) in [6.45, 7) is 15.5. The molecule has 0 spiro atoms. The minimum atomic E-state index is 0.265. The number of fused-ring (bicyclic) bond motifs is 1. The Kier molecular flexibility index (Phi) is 6.82. The fourth-order valence-corrected chi connectivity index (χ4v) is 5.36. The van der Waals surface area contributed by atoms with E-state index in [1.54, 1.807) is 0 Å². The minimum absolute atomic E-state index is 0.265. The maximum absolute atomic E-state index is 5.45. The number of nitrogens with zero attached hydrogens (tertiary/aromatic N) is 5. The second kappa shape index (κ2) is 9.92. The summed E-state index contributed by atoms with van der Waals surface area (Å²) in [6.07, 6.45) is 11.3. The quantitative estimate of drug-likeness (QED) is 0.293. The van der Waals surface area contributed by atoms with E-state index in [2.05, 4.69) is 88.6 Å². The van der Waals surface area contributed by atoms with Crippen molar-refractivity contribution in [3.63, 3.8) is 0 Å². The van der Waals surface area contributed by atoms with E-state index in [0.29, 0.717) is 11.8 Å². The van der Waals surface area contributed by atoms with Crippen molar-refractivity contribution in [2.75, 3.05) is 0 Å². The maximum Gasteiger partial charge on any atom is 0.234 e. The number of aryl methyl sites for hydroxylation is 1. The third-order valence-electron chi connectivity index (χ3n) is 7.94. The van der Waals surface area contributed by atoms with Crippen molar-refractivity contribution in [2.45, 2.75) is 86.0 Å². The van der Waals surface area contributed by atoms with Gasteiger partial charge in [-0.05, 0) is 55.4 Å². The molecule has 3 aromatic heterocycles. The number of rotatable bonds is 7. The molecule has 0 N–H and O–H groups in total. The SMILES string of the molecule is CC/C(C)=c1\cccc(-c2nc(-c3cn4cc(C)nc4nc3C(C)C)n(C)c2C2CC2)\c1=C\C(C)CC. The zero-order valence-electron chi connectivity index (χ0n) is 23.8. The zero-order chi connectivity index (χ0) is 26.4. The Bertz CT molecular complexity index is 1580. The molecule has 0 amide bonds. The number of hydrogen-bond acceptors (Lipinski definition) is 3. The highest BCUT2D eigenvalue weighted by atomic mass is 15.1. The molecule has 37 heavy (non-hydrogen) atoms. The average molecular weight is 496 g/mol. The second-order valence-corrected chi connectivity index (χ2v) is 11.2. The molecule has 0 bridgehead atoms. The van der Waals surface area contributed by atoms with Crippen molar-refractivity contribution in [1.82, 2.24) is 23.9 Å². The van der Waals surface area contributed by atoms with Gasteiger partial charge >= 0.3 is 0 Å². The molecule has 0 aliphatic heterocycles. The van der Waals surface area contributed by atoms with Gasteiger partial charge in [0.15, 0.2) is 0 Å². The number of benzene rings is 1. The van der Waals surface area contributed by atoms with Crippen molar-refractivity contribution >= 4 is 17.4 Å². The Morgan fingerprint density at radius 1 is 1.05 bits per heavy atom. The maximum atomic E-state index is 5.45. The van der Waals surface area contributed by atoms with E-state index in [1.165, 1.54) is 40.1 Å². The molecule has 5 rings (SSSR count). The summed E-state index contributed by atoms with van der Waals surface area (Å²) < 4.78 is 4.39. The van der Waals surface area contributed by atoms with Gasteiger partial charge in [0.05, 0.1) is 22.6 Å². The largest absolute Gasteiger partial charge is 0.330 e. The van der Waals surface area contributed by atoms with E-state index in [0.717, 1.165) is 47.1 Å². The second-order valence-electron chi connectivity index (χ2n) is 11.2. The highest BCUT2D eigenvalue weighted by Gasteiger charge is 2.33. The van der Waals surface area contributed by atoms with Crippen LogP contribution in [0.3, 0.4) is 0 Å². The Morgan fingerprint density at radius 3 is 2.46 bits per heavy atom. The molecule has 1 atom stereocenters. The summed E-state index contributed by atoms with van der Waals surface area (Å²) in [5, 5.41) is 2.69. The fourth-order valence-electron chi connectivity index (χ4n) is 5.36. The van der Waals surface area contributed by atoms with Crippen molar-refractivity contribution in [2.24, 2.45) is 13.0 Å². The number of hydrogen-bond donors (Lipinski definition) is 0. The molecule has 1 saturated carbocycles. The van der Waals surface area contributed by atoms with Gasteiger partial charge in [-0.2, -0.15) is 0 Å². The van der Waals surface area contributed by atoms with Crippen LogP contribution in [0.15, 0.2) is 30.6 Å². The van der Waals surface area contributed by atoms with Crippen LogP contribution in [-0.4, -0.2) is 23.9 Å². The third kappa shape index (κ3) is 4.65. The summed E-state index contributed by atoms with van der Waals surface area (Å²) in [5.74, 6) is 3.08. The lowest BCUT2D eigenvalue weighted by molar-refractivity contribution is 0.734. The monoisotopic (exact) mass is 495 g/mol. The first-order valence-electron chi connectivity index (χ1n) is 14.0. The molecular formula is C32H41N5. The molecule has 1 unspecified atom stereocenters. The first kappa shape index (κ1) is 25.4. The van der Waals surface area contributed by atoms with E-state index in [-0.39, 0.29) is 5.92 Å². The van der Waals surface area contributed by atoms with Gasteiger partial charge in [-0.1, -0.05) is 70.9 Å². The van der Waals surface area contributed by atoms with Crippen LogP contribution in [0.4, 0.5) is 0 Å². The third-order valence-corrected chi connectivity index (χ3v) is 7.94. The molecular weight excluding hydrogens is 454 g/mol. The van der Waals surface area contributed by atoms with Crippen molar-refractivity contribution in [3.05, 3.63) is 58.1 Å². The molecule has 3 heterocycles. The molecule has 1 fully saturated rings. The minimum Gasteiger partial charge on any atom is -0.330 e. The lowest BCUT2D eigenvalue weighted by Crippen LogP contribution is -2.29. The van der Waals surface area contributed by atoms with Gasteiger partial charge in [-0.3, -0.25) is 4.40 Å². The highest BCUT2D eigenvalue weighted by molar-refractivity contribution is 5.72. The normalized spacial score (nSPS) is 16.2. The fraction of sp³-hybridized carbons (Fsp3) is 0.469. The predicted molar refractivity (Wildman–Crippen MR) is 154 cm³/mol. The number of imidazole rings is 2. The predicted octanol–water partition coefficient (Wildman–Crippen LogP) is 6.51. The van der Waals surface area contributed by atoms with E-state index in [4.69, 9.17) is 9.97 Å². The van der Waals surface area contributed by atoms with Crippen molar-refractivity contribution in [1.29, 1.82) is 0 Å². The van der Waals surface area contributed by atoms with Crippen LogP contribution in [0.5, 0.6) is 0 Å². The molecule has 194 valence electrons. The molecule has 0 radical (unpaired) electrons. The first-order valence-corrected chi connectivity index (χ1v) is 14.0. The van der Waals surface area contributed by atoms with Gasteiger partial charge in [0.2, 0.25) is 5.78 Å². The molecule has 4 aromatic rings. The Morgan fingerprint density at radius 2 is 1.81 bits per heavy atom. The molecule has 1 aliphatic carbocycles. The van der Waals surface area contributed by atoms with E-state index in [1.807, 2.05) is 17.5 Å². The Hall–Kier alpha value is -3.21. The van der Waals surface area contributed by atoms with Gasteiger partial charge in [-0.25, -0.2) is 15.0 Å². The summed E-state index contributed by atoms with van der Waals surface area (Å²) >= 11 is 0. The van der Waals surface area contributed by atoms with Gasteiger partial charge in [-0.15, -0.1) is 0 Å². The smallest absolute Gasteiger partial charge is 0.234 e. The first-order chi connectivity index (χ1) is 17.7. The molecule has 5 nitrogen and oxygen atoms in total. The highest BCUT2D eigenvalue weighted by Crippen LogP contribution is 2.45. The Labute approximate surface area is 221 Å². The lowest BCUT2D eigenvalue weighted by atomic mass is 9.97. The number of aromatic nitrogens is 5. The van der Waals surface area contributed by atoms with Crippen LogP contribution in [0, 0.1) is 12.8 Å². The molecule has 5 heteroatoms. The zero-order valence-corrected chi connectivity index (χ0v) is 23.8. The van der Waals surface area contributed by atoms with E-state index < -0.39 is 0 Å². The summed E-state index contributed by atoms with van der Waals surface area (Å²) in [7, 11) is 2.19. The van der Waals surface area contributed by atoms with Crippen LogP contribution >= 0.6 is 0 Å². The van der Waals surface area contributed by atoms with Gasteiger partial charge in [0.25, 0.3) is 0 Å². The average Bonchev–Trinajstić information content (AvgIpc) is 3.56. The molecule has 1 aliphatic rings. The molecule has 1 aromatic carbocycles. The Balaban J connectivity index is 1.83. The van der Waals surface area contributed by atoms with Crippen LogP contribution in [0.25, 0.3) is 40.1 Å². The van der Waals surface area contributed by atoms with E-state index >= 15 is 0 Å². The van der Waals surface area contributed by atoms with Crippen LogP contribution in [0.1, 0.15) is 96.1 Å². The summed E-state index contributed by atoms with van der Waals surface area (Å²) in [6, 6.07) is 6.78. The van der Waals surface area contributed by atoms with Crippen molar-refractivity contribution in [3.8, 4) is 22.6 Å². The van der Waals surface area contributed by atoms with Crippen LogP contribution < -0.4 is 10.4 Å². The van der Waals surface area contributed by atoms with Gasteiger partial charge in [0, 0.05) is 36.6 Å². The van der Waals surface area contributed by atoms with Gasteiger partial charge < -0.3 is 4.57 Å². The topological polar surface area (TPSA) is 48.0 Å².